The number of fused-ring (bicyclic) bond motifs is 1. The molecule has 0 radical (unpaired) electrons. The number of rotatable bonds is 6. The highest BCUT2D eigenvalue weighted by molar-refractivity contribution is 4.92. The number of nitrogens with one attached hydrogen (secondary N) is 1. The minimum Gasteiger partial charge on any atom is -0.314 e. The largest absolute Gasteiger partial charge is 0.314 e. The molecule has 0 aromatic rings. The first-order valence-corrected chi connectivity index (χ1v) is 8.21. The summed E-state index contributed by atoms with van der Waals surface area (Å²) in [7, 11) is 0. The van der Waals surface area contributed by atoms with Gasteiger partial charge in [-0.1, -0.05) is 19.8 Å². The molecule has 4 atom stereocenters. The fourth-order valence-corrected chi connectivity index (χ4v) is 4.11. The molecular weight excluding hydrogens is 220 g/mol. The summed E-state index contributed by atoms with van der Waals surface area (Å²) in [5, 5.41) is 3.63. The van der Waals surface area contributed by atoms with Crippen LogP contribution in [0, 0.1) is 5.92 Å². The SMILES string of the molecule is CCCNC(C)CC(C)N1CCC2CCCCC21. The summed E-state index contributed by atoms with van der Waals surface area (Å²) in [5.41, 5.74) is 0. The normalized spacial score (nSPS) is 32.2. The molecule has 1 saturated carbocycles. The first-order valence-electron chi connectivity index (χ1n) is 8.21. The third-order valence-corrected chi connectivity index (χ3v) is 5.06. The Labute approximate surface area is 114 Å². The number of likely N-dealkylation sites (tertiary alicyclic amines) is 1. The van der Waals surface area contributed by atoms with E-state index in [1.54, 1.807) is 0 Å². The van der Waals surface area contributed by atoms with Gasteiger partial charge >= 0.3 is 0 Å². The molecule has 1 N–H and O–H groups in total. The van der Waals surface area contributed by atoms with Crippen LogP contribution in [-0.4, -0.2) is 36.1 Å². The maximum atomic E-state index is 3.63. The van der Waals surface area contributed by atoms with Crippen molar-refractivity contribution in [2.75, 3.05) is 13.1 Å². The van der Waals surface area contributed by atoms with Crippen molar-refractivity contribution in [2.45, 2.75) is 83.8 Å². The lowest BCUT2D eigenvalue weighted by Crippen LogP contribution is -2.43. The van der Waals surface area contributed by atoms with Crippen molar-refractivity contribution in [3.05, 3.63) is 0 Å². The minimum absolute atomic E-state index is 0.669. The Morgan fingerprint density at radius 3 is 2.72 bits per heavy atom. The summed E-state index contributed by atoms with van der Waals surface area (Å²) >= 11 is 0. The van der Waals surface area contributed by atoms with Gasteiger partial charge in [-0.25, -0.2) is 0 Å². The van der Waals surface area contributed by atoms with Gasteiger partial charge in [-0.05, 0) is 65.0 Å². The molecule has 1 heterocycles. The Bertz CT molecular complexity index is 241. The third kappa shape index (κ3) is 3.48. The van der Waals surface area contributed by atoms with E-state index in [-0.39, 0.29) is 0 Å². The Kier molecular flexibility index (Phi) is 5.50. The van der Waals surface area contributed by atoms with E-state index in [9.17, 15) is 0 Å². The molecule has 2 aliphatic rings. The van der Waals surface area contributed by atoms with Crippen LogP contribution in [0.4, 0.5) is 0 Å². The summed E-state index contributed by atoms with van der Waals surface area (Å²) < 4.78 is 0. The van der Waals surface area contributed by atoms with Crippen LogP contribution in [0.3, 0.4) is 0 Å². The standard InChI is InChI=1S/C16H32N2/c1-4-10-17-13(2)12-14(3)18-11-9-15-7-5-6-8-16(15)18/h13-17H,4-12H2,1-3H3. The van der Waals surface area contributed by atoms with Crippen molar-refractivity contribution in [3.63, 3.8) is 0 Å². The smallest absolute Gasteiger partial charge is 0.0127 e. The lowest BCUT2D eigenvalue weighted by atomic mass is 9.85. The molecule has 18 heavy (non-hydrogen) atoms. The summed E-state index contributed by atoms with van der Waals surface area (Å²) in [5.74, 6) is 1.03. The molecule has 0 aromatic carbocycles. The fraction of sp³-hybridized carbons (Fsp3) is 1.00. The van der Waals surface area contributed by atoms with E-state index >= 15 is 0 Å². The van der Waals surface area contributed by atoms with Crippen LogP contribution in [0.5, 0.6) is 0 Å². The van der Waals surface area contributed by atoms with Crippen molar-refractivity contribution in [3.8, 4) is 0 Å². The quantitative estimate of drug-likeness (QED) is 0.779. The number of nitrogens with zero attached hydrogens (tertiary/aromatic N) is 1. The first-order chi connectivity index (χ1) is 8.72. The molecule has 2 rings (SSSR count). The van der Waals surface area contributed by atoms with E-state index in [1.807, 2.05) is 0 Å². The van der Waals surface area contributed by atoms with Crippen LogP contribution in [0.1, 0.15) is 65.7 Å². The Hall–Kier alpha value is -0.0800. The number of hydrogen-bond donors (Lipinski definition) is 1. The lowest BCUT2D eigenvalue weighted by Gasteiger charge is -2.36. The lowest BCUT2D eigenvalue weighted by molar-refractivity contribution is 0.129. The highest BCUT2D eigenvalue weighted by Crippen LogP contribution is 2.37. The van der Waals surface area contributed by atoms with Gasteiger partial charge in [0.05, 0.1) is 0 Å². The van der Waals surface area contributed by atoms with Gasteiger partial charge in [0.2, 0.25) is 0 Å². The van der Waals surface area contributed by atoms with Gasteiger partial charge in [0.25, 0.3) is 0 Å². The van der Waals surface area contributed by atoms with Crippen LogP contribution in [0.25, 0.3) is 0 Å². The second kappa shape index (κ2) is 6.91. The zero-order valence-corrected chi connectivity index (χ0v) is 12.6. The summed E-state index contributed by atoms with van der Waals surface area (Å²) in [6, 6.07) is 2.35. The van der Waals surface area contributed by atoms with E-state index in [4.69, 9.17) is 0 Å². The van der Waals surface area contributed by atoms with Gasteiger partial charge in [0, 0.05) is 18.1 Å². The van der Waals surface area contributed by atoms with Gasteiger partial charge in [-0.2, -0.15) is 0 Å². The average Bonchev–Trinajstić information content (AvgIpc) is 2.80. The van der Waals surface area contributed by atoms with Crippen molar-refractivity contribution < 1.29 is 0 Å². The van der Waals surface area contributed by atoms with Gasteiger partial charge in [0.15, 0.2) is 0 Å². The molecule has 106 valence electrons. The Balaban J connectivity index is 1.79. The third-order valence-electron chi connectivity index (χ3n) is 5.06. The molecule has 4 unspecified atom stereocenters. The van der Waals surface area contributed by atoms with E-state index in [1.165, 1.54) is 58.0 Å². The fourth-order valence-electron chi connectivity index (χ4n) is 4.11. The molecule has 2 fully saturated rings. The van der Waals surface area contributed by atoms with E-state index in [2.05, 4.69) is 31.0 Å². The summed E-state index contributed by atoms with van der Waals surface area (Å²) in [6.45, 7) is 9.56. The van der Waals surface area contributed by atoms with Crippen molar-refractivity contribution in [1.29, 1.82) is 0 Å². The molecule has 0 aromatic heterocycles. The van der Waals surface area contributed by atoms with Crippen LogP contribution < -0.4 is 5.32 Å². The van der Waals surface area contributed by atoms with Crippen LogP contribution in [0.15, 0.2) is 0 Å². The first kappa shape index (κ1) is 14.3. The van der Waals surface area contributed by atoms with Crippen LogP contribution in [0.2, 0.25) is 0 Å². The number of hydrogen-bond acceptors (Lipinski definition) is 2. The maximum Gasteiger partial charge on any atom is 0.0127 e. The molecule has 1 aliphatic carbocycles. The predicted molar refractivity (Wildman–Crippen MR) is 78.9 cm³/mol. The predicted octanol–water partition coefficient (Wildman–Crippen LogP) is 3.42. The molecule has 0 bridgehead atoms. The Morgan fingerprint density at radius 1 is 1.17 bits per heavy atom. The molecule has 1 aliphatic heterocycles. The molecule has 1 saturated heterocycles. The van der Waals surface area contributed by atoms with E-state index in [0.29, 0.717) is 6.04 Å². The second-order valence-electron chi connectivity index (χ2n) is 6.58. The highest BCUT2D eigenvalue weighted by atomic mass is 15.2. The molecule has 0 spiro atoms. The maximum absolute atomic E-state index is 3.63. The van der Waals surface area contributed by atoms with E-state index in [0.717, 1.165) is 18.0 Å². The van der Waals surface area contributed by atoms with Crippen molar-refractivity contribution in [1.82, 2.24) is 10.2 Å². The molecule has 2 heteroatoms. The zero-order chi connectivity index (χ0) is 13.0. The van der Waals surface area contributed by atoms with E-state index < -0.39 is 0 Å². The summed E-state index contributed by atoms with van der Waals surface area (Å²) in [6.07, 6.45) is 9.93. The van der Waals surface area contributed by atoms with Crippen LogP contribution >= 0.6 is 0 Å². The van der Waals surface area contributed by atoms with Crippen molar-refractivity contribution >= 4 is 0 Å². The monoisotopic (exact) mass is 252 g/mol. The molecule has 2 nitrogen and oxygen atoms in total. The highest BCUT2D eigenvalue weighted by Gasteiger charge is 2.37. The van der Waals surface area contributed by atoms with Crippen LogP contribution in [-0.2, 0) is 0 Å². The average molecular weight is 252 g/mol. The second-order valence-corrected chi connectivity index (χ2v) is 6.58. The molecular formula is C16H32N2. The Morgan fingerprint density at radius 2 is 1.94 bits per heavy atom. The molecule has 0 amide bonds. The topological polar surface area (TPSA) is 15.3 Å². The summed E-state index contributed by atoms with van der Waals surface area (Å²) in [4.78, 5) is 2.83. The zero-order valence-electron chi connectivity index (χ0n) is 12.6. The van der Waals surface area contributed by atoms with Gasteiger partial charge in [0.1, 0.15) is 0 Å². The van der Waals surface area contributed by atoms with Gasteiger partial charge in [-0.15, -0.1) is 0 Å². The van der Waals surface area contributed by atoms with Gasteiger partial charge < -0.3 is 5.32 Å². The minimum atomic E-state index is 0.669. The van der Waals surface area contributed by atoms with Gasteiger partial charge in [-0.3, -0.25) is 4.90 Å². The van der Waals surface area contributed by atoms with Crippen molar-refractivity contribution in [2.24, 2.45) is 5.92 Å².